The van der Waals surface area contributed by atoms with Crippen LogP contribution in [0.1, 0.15) is 38.3 Å². The molecule has 0 spiro atoms. The number of anilines is 1. The summed E-state index contributed by atoms with van der Waals surface area (Å²) in [6, 6.07) is 14.6. The van der Waals surface area contributed by atoms with E-state index in [4.69, 9.17) is 46.4 Å². The number of carbonyl (C=O) groups is 2. The molecule has 0 fully saturated rings. The van der Waals surface area contributed by atoms with Crippen LogP contribution in [0.2, 0.25) is 20.1 Å². The van der Waals surface area contributed by atoms with E-state index in [2.05, 4.69) is 5.32 Å². The van der Waals surface area contributed by atoms with Crippen molar-refractivity contribution in [2.45, 2.75) is 51.6 Å². The first-order chi connectivity index (χ1) is 19.7. The Morgan fingerprint density at radius 1 is 0.881 bits per heavy atom. The minimum atomic E-state index is -4.29. The Bertz CT molecular complexity index is 1530. The first kappa shape index (κ1) is 34.0. The number of benzene rings is 3. The molecule has 3 aromatic rings. The maximum Gasteiger partial charge on any atom is 0.264 e. The number of rotatable bonds is 12. The lowest BCUT2D eigenvalue weighted by Crippen LogP contribution is -2.52. The summed E-state index contributed by atoms with van der Waals surface area (Å²) in [4.78, 5) is 28.8. The van der Waals surface area contributed by atoms with Crippen LogP contribution in [-0.4, -0.2) is 44.3 Å². The molecule has 0 saturated carbocycles. The van der Waals surface area contributed by atoms with Crippen molar-refractivity contribution in [3.63, 3.8) is 0 Å². The summed E-state index contributed by atoms with van der Waals surface area (Å²) in [7, 11) is -4.29. The molecule has 0 aliphatic heterocycles. The van der Waals surface area contributed by atoms with Crippen molar-refractivity contribution in [3.8, 4) is 0 Å². The van der Waals surface area contributed by atoms with Gasteiger partial charge in [-0.15, -0.1) is 0 Å². The van der Waals surface area contributed by atoms with E-state index < -0.39 is 28.5 Å². The van der Waals surface area contributed by atoms with Crippen LogP contribution >= 0.6 is 46.4 Å². The lowest BCUT2D eigenvalue weighted by molar-refractivity contribution is -0.140. The fraction of sp³-hybridized carbons (Fsp3) is 0.333. The van der Waals surface area contributed by atoms with E-state index in [-0.39, 0.29) is 50.4 Å². The molecule has 0 aromatic heterocycles. The first-order valence-electron chi connectivity index (χ1n) is 13.3. The molecule has 3 rings (SSSR count). The molecule has 0 aliphatic rings. The highest BCUT2D eigenvalue weighted by molar-refractivity contribution is 7.92. The Balaban J connectivity index is 2.10. The molecule has 0 heterocycles. The van der Waals surface area contributed by atoms with Crippen molar-refractivity contribution in [1.82, 2.24) is 10.2 Å². The topological polar surface area (TPSA) is 86.8 Å². The highest BCUT2D eigenvalue weighted by atomic mass is 35.5. The number of amides is 2. The monoisotopic (exact) mass is 671 g/mol. The second kappa shape index (κ2) is 14.8. The lowest BCUT2D eigenvalue weighted by Gasteiger charge is -2.33. The molecular weight excluding hydrogens is 640 g/mol. The van der Waals surface area contributed by atoms with Gasteiger partial charge in [-0.05, 0) is 67.3 Å². The number of nitrogens with zero attached hydrogens (tertiary/aromatic N) is 2. The third-order valence-corrected chi connectivity index (χ3v) is 9.54. The smallest absolute Gasteiger partial charge is 0.264 e. The van der Waals surface area contributed by atoms with Crippen molar-refractivity contribution in [2.75, 3.05) is 17.4 Å². The summed E-state index contributed by atoms with van der Waals surface area (Å²) in [5.41, 5.74) is 1.51. The van der Waals surface area contributed by atoms with Gasteiger partial charge in [0.05, 0.1) is 25.7 Å². The van der Waals surface area contributed by atoms with Gasteiger partial charge >= 0.3 is 0 Å². The van der Waals surface area contributed by atoms with E-state index in [0.717, 1.165) is 9.87 Å². The Morgan fingerprint density at radius 2 is 1.52 bits per heavy atom. The second-order valence-electron chi connectivity index (χ2n) is 10.3. The minimum absolute atomic E-state index is 0.0228. The van der Waals surface area contributed by atoms with Gasteiger partial charge in [0, 0.05) is 18.1 Å². The Kier molecular flexibility index (Phi) is 12.0. The van der Waals surface area contributed by atoms with Gasteiger partial charge < -0.3 is 10.2 Å². The number of hydrogen-bond acceptors (Lipinski definition) is 4. The molecule has 0 saturated heterocycles. The van der Waals surface area contributed by atoms with Gasteiger partial charge in [0.15, 0.2) is 0 Å². The summed E-state index contributed by atoms with van der Waals surface area (Å²) in [5.74, 6) is -0.793. The molecule has 0 unspecified atom stereocenters. The largest absolute Gasteiger partial charge is 0.354 e. The average Bonchev–Trinajstić information content (AvgIpc) is 2.93. The molecule has 1 atom stereocenters. The fourth-order valence-corrected chi connectivity index (χ4v) is 6.39. The Morgan fingerprint density at radius 3 is 2.12 bits per heavy atom. The third kappa shape index (κ3) is 8.54. The van der Waals surface area contributed by atoms with Crippen LogP contribution in [-0.2, 0) is 26.2 Å². The summed E-state index contributed by atoms with van der Waals surface area (Å²) in [6.45, 7) is 7.28. The molecule has 7 nitrogen and oxygen atoms in total. The molecule has 226 valence electrons. The van der Waals surface area contributed by atoms with Crippen LogP contribution in [0.25, 0.3) is 0 Å². The molecule has 0 radical (unpaired) electrons. The molecule has 0 bridgehead atoms. The zero-order chi connectivity index (χ0) is 31.2. The van der Waals surface area contributed by atoms with Crippen LogP contribution in [0.3, 0.4) is 0 Å². The molecule has 12 heteroatoms. The number of sulfonamides is 1. The molecule has 1 N–H and O–H groups in total. The maximum absolute atomic E-state index is 14.2. The minimum Gasteiger partial charge on any atom is -0.354 e. The SMILES string of the molecule is CC[C@H](C(=O)NCC(C)C)N(Cc1ccc(Cl)c(Cl)c1)C(=O)CN(c1cc(Cl)ccc1Cl)S(=O)(=O)c1ccc(C)cc1. The van der Waals surface area contributed by atoms with E-state index in [1.807, 2.05) is 20.8 Å². The number of hydrogen-bond donors (Lipinski definition) is 1. The van der Waals surface area contributed by atoms with Gasteiger partial charge in [-0.3, -0.25) is 13.9 Å². The van der Waals surface area contributed by atoms with Crippen LogP contribution in [0, 0.1) is 12.8 Å². The number of halogens is 4. The summed E-state index contributed by atoms with van der Waals surface area (Å²) in [6.07, 6.45) is 0.277. The summed E-state index contributed by atoms with van der Waals surface area (Å²) >= 11 is 25.0. The van der Waals surface area contributed by atoms with Gasteiger partial charge in [0.25, 0.3) is 10.0 Å². The standard InChI is InChI=1S/C30H33Cl4N3O4S/c1-5-27(30(39)35-16-19(2)3)36(17-21-8-12-24(32)26(34)14-21)29(38)18-37(28-15-22(31)9-13-25(28)33)42(40,41)23-10-6-20(4)7-11-23/h6-15,19,27H,5,16-18H2,1-4H3,(H,35,39)/t27-/m1/s1. The van der Waals surface area contributed by atoms with Crippen molar-refractivity contribution in [1.29, 1.82) is 0 Å². The predicted octanol–water partition coefficient (Wildman–Crippen LogP) is 7.38. The van der Waals surface area contributed by atoms with Crippen LogP contribution < -0.4 is 9.62 Å². The Labute approximate surface area is 267 Å². The average molecular weight is 673 g/mol. The lowest BCUT2D eigenvalue weighted by atomic mass is 10.1. The molecule has 3 aromatic carbocycles. The van der Waals surface area contributed by atoms with E-state index in [1.165, 1.54) is 35.2 Å². The second-order valence-corrected chi connectivity index (χ2v) is 13.8. The molecule has 2 amide bonds. The van der Waals surface area contributed by atoms with E-state index in [9.17, 15) is 18.0 Å². The van der Waals surface area contributed by atoms with Crippen molar-refractivity contribution in [2.24, 2.45) is 5.92 Å². The fourth-order valence-electron chi connectivity index (χ4n) is 4.20. The summed E-state index contributed by atoms with van der Waals surface area (Å²) in [5, 5.41) is 3.83. The van der Waals surface area contributed by atoms with E-state index in [1.54, 1.807) is 37.3 Å². The van der Waals surface area contributed by atoms with Crippen molar-refractivity contribution in [3.05, 3.63) is 91.9 Å². The van der Waals surface area contributed by atoms with E-state index >= 15 is 0 Å². The quantitative estimate of drug-likeness (QED) is 0.218. The number of aryl methyl sites for hydroxylation is 1. The van der Waals surface area contributed by atoms with Gasteiger partial charge in [0.1, 0.15) is 12.6 Å². The highest BCUT2D eigenvalue weighted by Crippen LogP contribution is 2.33. The zero-order valence-corrected chi connectivity index (χ0v) is 27.5. The van der Waals surface area contributed by atoms with Gasteiger partial charge in [0.2, 0.25) is 11.8 Å². The Hall–Kier alpha value is -2.49. The van der Waals surface area contributed by atoms with Crippen molar-refractivity contribution >= 4 is 73.9 Å². The van der Waals surface area contributed by atoms with Crippen LogP contribution in [0.15, 0.2) is 65.6 Å². The van der Waals surface area contributed by atoms with Gasteiger partial charge in [-0.2, -0.15) is 0 Å². The van der Waals surface area contributed by atoms with Gasteiger partial charge in [-0.1, -0.05) is 90.9 Å². The van der Waals surface area contributed by atoms with E-state index in [0.29, 0.717) is 17.1 Å². The molecule has 0 aliphatic carbocycles. The van der Waals surface area contributed by atoms with Crippen LogP contribution in [0.4, 0.5) is 5.69 Å². The maximum atomic E-state index is 14.2. The predicted molar refractivity (Wildman–Crippen MR) is 171 cm³/mol. The van der Waals surface area contributed by atoms with Crippen LogP contribution in [0.5, 0.6) is 0 Å². The first-order valence-corrected chi connectivity index (χ1v) is 16.2. The van der Waals surface area contributed by atoms with Crippen molar-refractivity contribution < 1.29 is 18.0 Å². The third-order valence-electron chi connectivity index (χ3n) is 6.47. The highest BCUT2D eigenvalue weighted by Gasteiger charge is 2.34. The summed E-state index contributed by atoms with van der Waals surface area (Å²) < 4.78 is 28.9. The number of carbonyl (C=O) groups excluding carboxylic acids is 2. The van der Waals surface area contributed by atoms with Gasteiger partial charge in [-0.25, -0.2) is 8.42 Å². The number of nitrogens with one attached hydrogen (secondary N) is 1. The molecule has 42 heavy (non-hydrogen) atoms. The molecular formula is C30H33Cl4N3O4S. The normalized spacial score (nSPS) is 12.2. The zero-order valence-electron chi connectivity index (χ0n) is 23.7.